The highest BCUT2D eigenvalue weighted by Gasteiger charge is 2.78. The van der Waals surface area contributed by atoms with Crippen molar-refractivity contribution in [1.82, 2.24) is 14.8 Å². The number of halogens is 2. The van der Waals surface area contributed by atoms with Crippen LogP contribution in [-0.4, -0.2) is 58.2 Å². The lowest BCUT2D eigenvalue weighted by molar-refractivity contribution is -0.136. The molecule has 2 saturated heterocycles. The lowest BCUT2D eigenvalue weighted by atomic mass is 9.97. The van der Waals surface area contributed by atoms with Gasteiger partial charge in [0.05, 0.1) is 5.92 Å². The van der Waals surface area contributed by atoms with E-state index in [9.17, 15) is 18.4 Å². The third kappa shape index (κ3) is 2.35. The molecule has 1 aromatic heterocycles. The van der Waals surface area contributed by atoms with E-state index in [1.165, 1.54) is 4.90 Å². The van der Waals surface area contributed by atoms with Crippen LogP contribution >= 0.6 is 0 Å². The fourth-order valence-electron chi connectivity index (χ4n) is 4.32. The van der Waals surface area contributed by atoms with E-state index in [4.69, 9.17) is 0 Å². The summed E-state index contributed by atoms with van der Waals surface area (Å²) < 4.78 is 27.8. The Balaban J connectivity index is 1.48. The summed E-state index contributed by atoms with van der Waals surface area (Å²) in [5.74, 6) is -3.90. The van der Waals surface area contributed by atoms with Gasteiger partial charge in [-0.25, -0.2) is 8.78 Å². The molecule has 3 aliphatic rings. The molecule has 134 valence electrons. The molecule has 5 nitrogen and oxygen atoms in total. The molecule has 1 aliphatic carbocycles. The zero-order valence-corrected chi connectivity index (χ0v) is 14.1. The van der Waals surface area contributed by atoms with Gasteiger partial charge >= 0.3 is 0 Å². The number of pyridine rings is 1. The number of rotatable bonds is 2. The van der Waals surface area contributed by atoms with Crippen molar-refractivity contribution in [3.8, 4) is 0 Å². The van der Waals surface area contributed by atoms with Gasteiger partial charge < -0.3 is 9.80 Å². The van der Waals surface area contributed by atoms with Crippen molar-refractivity contribution in [1.29, 1.82) is 0 Å². The topological polar surface area (TPSA) is 53.5 Å². The van der Waals surface area contributed by atoms with E-state index < -0.39 is 23.3 Å². The van der Waals surface area contributed by atoms with Crippen LogP contribution in [0.1, 0.15) is 36.7 Å². The zero-order valence-electron chi connectivity index (χ0n) is 14.1. The minimum Gasteiger partial charge on any atom is -0.340 e. The first-order valence-corrected chi connectivity index (χ1v) is 8.75. The van der Waals surface area contributed by atoms with Crippen molar-refractivity contribution in [2.24, 2.45) is 11.3 Å². The van der Waals surface area contributed by atoms with E-state index in [-0.39, 0.29) is 18.4 Å². The van der Waals surface area contributed by atoms with Crippen LogP contribution in [0.3, 0.4) is 0 Å². The van der Waals surface area contributed by atoms with Crippen LogP contribution in [0.4, 0.5) is 8.78 Å². The van der Waals surface area contributed by atoms with Gasteiger partial charge in [-0.3, -0.25) is 14.6 Å². The van der Waals surface area contributed by atoms with Crippen LogP contribution in [0.2, 0.25) is 0 Å². The third-order valence-corrected chi connectivity index (χ3v) is 6.18. The summed E-state index contributed by atoms with van der Waals surface area (Å²) in [5, 5.41) is 0. The molecule has 25 heavy (non-hydrogen) atoms. The third-order valence-electron chi connectivity index (χ3n) is 6.18. The van der Waals surface area contributed by atoms with Crippen LogP contribution in [0.25, 0.3) is 0 Å². The highest BCUT2D eigenvalue weighted by atomic mass is 19.3. The average molecular weight is 349 g/mol. The van der Waals surface area contributed by atoms with E-state index >= 15 is 0 Å². The van der Waals surface area contributed by atoms with Crippen LogP contribution in [0, 0.1) is 11.3 Å². The quantitative estimate of drug-likeness (QED) is 0.822. The van der Waals surface area contributed by atoms with Crippen molar-refractivity contribution >= 4 is 11.8 Å². The van der Waals surface area contributed by atoms with Crippen LogP contribution in [0.5, 0.6) is 0 Å². The van der Waals surface area contributed by atoms with E-state index in [1.807, 2.05) is 0 Å². The van der Waals surface area contributed by atoms with Crippen molar-refractivity contribution in [3.63, 3.8) is 0 Å². The van der Waals surface area contributed by atoms with Gasteiger partial charge in [-0.2, -0.15) is 0 Å². The number of piperidine rings is 1. The number of aromatic nitrogens is 1. The summed E-state index contributed by atoms with van der Waals surface area (Å²) in [6.45, 7) is 2.52. The first-order valence-electron chi connectivity index (χ1n) is 8.75. The summed E-state index contributed by atoms with van der Waals surface area (Å²) in [5.41, 5.74) is -0.648. The zero-order chi connectivity index (χ0) is 17.8. The van der Waals surface area contributed by atoms with E-state index in [1.54, 1.807) is 36.2 Å². The molecule has 4 rings (SSSR count). The molecule has 2 amide bonds. The lowest BCUT2D eigenvalue weighted by Gasteiger charge is -2.33. The number of hydrogen-bond donors (Lipinski definition) is 0. The minimum absolute atomic E-state index is 0.0877. The van der Waals surface area contributed by atoms with Crippen molar-refractivity contribution in [2.75, 3.05) is 19.6 Å². The van der Waals surface area contributed by atoms with Gasteiger partial charge in [0.15, 0.2) is 0 Å². The maximum Gasteiger partial charge on any atom is 0.273 e. The summed E-state index contributed by atoms with van der Waals surface area (Å²) in [7, 11) is 0. The van der Waals surface area contributed by atoms with Gasteiger partial charge in [-0.05, 0) is 31.4 Å². The highest BCUT2D eigenvalue weighted by Crippen LogP contribution is 2.69. The molecule has 2 aliphatic heterocycles. The number of alkyl halides is 2. The van der Waals surface area contributed by atoms with Gasteiger partial charge in [0.2, 0.25) is 5.91 Å². The number of fused-ring (bicyclic) bond motifs is 1. The predicted molar refractivity (Wildman–Crippen MR) is 86.0 cm³/mol. The lowest BCUT2D eigenvalue weighted by Crippen LogP contribution is -2.50. The molecular weight excluding hydrogens is 328 g/mol. The molecule has 0 N–H and O–H groups in total. The number of nitrogens with zero attached hydrogens (tertiary/aromatic N) is 3. The fraction of sp³-hybridized carbons (Fsp3) is 0.611. The number of hydrogen-bond acceptors (Lipinski definition) is 3. The molecule has 2 unspecified atom stereocenters. The summed E-state index contributed by atoms with van der Waals surface area (Å²) in [6, 6.07) is 4.52. The van der Waals surface area contributed by atoms with E-state index in [0.29, 0.717) is 31.6 Å². The first-order chi connectivity index (χ1) is 11.9. The molecule has 1 saturated carbocycles. The predicted octanol–water partition coefficient (Wildman–Crippen LogP) is 2.19. The first kappa shape index (κ1) is 16.4. The van der Waals surface area contributed by atoms with Gasteiger partial charge in [-0.15, -0.1) is 0 Å². The second-order valence-electron chi connectivity index (χ2n) is 7.50. The van der Waals surface area contributed by atoms with Crippen molar-refractivity contribution < 1.29 is 18.4 Å². The summed E-state index contributed by atoms with van der Waals surface area (Å²) in [4.78, 5) is 32.7. The molecule has 3 atom stereocenters. The normalized spacial score (nSPS) is 33.1. The molecular formula is C18H21F2N3O2. The number of amides is 2. The molecule has 0 bridgehead atoms. The second kappa shape index (κ2) is 5.47. The number of carbonyl (C=O) groups is 2. The Labute approximate surface area is 145 Å². The van der Waals surface area contributed by atoms with Crippen LogP contribution < -0.4 is 0 Å². The largest absolute Gasteiger partial charge is 0.340 e. The molecule has 0 spiro atoms. The Hall–Kier alpha value is -2.05. The van der Waals surface area contributed by atoms with Gasteiger partial charge in [0, 0.05) is 31.2 Å². The number of carbonyl (C=O) groups excluding carboxylic acids is 2. The van der Waals surface area contributed by atoms with E-state index in [2.05, 4.69) is 4.98 Å². The highest BCUT2D eigenvalue weighted by molar-refractivity contribution is 5.96. The average Bonchev–Trinajstić information content (AvgIpc) is 2.97. The molecule has 0 radical (unpaired) electrons. The maximum atomic E-state index is 13.9. The molecule has 0 aromatic carbocycles. The molecule has 7 heteroatoms. The Morgan fingerprint density at radius 2 is 2.08 bits per heavy atom. The number of likely N-dealkylation sites (tertiary alicyclic amines) is 2. The van der Waals surface area contributed by atoms with Crippen molar-refractivity contribution in [2.45, 2.75) is 38.2 Å². The van der Waals surface area contributed by atoms with Crippen LogP contribution in [-0.2, 0) is 4.79 Å². The van der Waals surface area contributed by atoms with Gasteiger partial charge in [0.25, 0.3) is 11.8 Å². The smallest absolute Gasteiger partial charge is 0.273 e. The van der Waals surface area contributed by atoms with Gasteiger partial charge in [-0.1, -0.05) is 13.0 Å². The SMILES string of the molecule is CC12CCN(C(=O)[C@@H]3CCCN3C(=O)c3ccccn3)CC1C2(F)F. The standard InChI is InChI=1S/C18H21F2N3O2/c1-17-7-10-22(11-14(17)18(17,19)20)16(25)13-6-4-9-23(13)15(24)12-5-2-3-8-21-12/h2-3,5,8,13-14H,4,6-7,9-11H2,1H3/t13-,14?,17?/m0/s1. The van der Waals surface area contributed by atoms with Gasteiger partial charge in [0.1, 0.15) is 11.7 Å². The minimum atomic E-state index is -2.68. The second-order valence-corrected chi connectivity index (χ2v) is 7.50. The monoisotopic (exact) mass is 349 g/mol. The Kier molecular flexibility index (Phi) is 3.60. The molecule has 1 aromatic rings. The summed E-state index contributed by atoms with van der Waals surface area (Å²) in [6.07, 6.45) is 3.17. The maximum absolute atomic E-state index is 13.9. The van der Waals surface area contributed by atoms with E-state index in [0.717, 1.165) is 6.42 Å². The van der Waals surface area contributed by atoms with Crippen LogP contribution in [0.15, 0.2) is 24.4 Å². The van der Waals surface area contributed by atoms with Crippen molar-refractivity contribution in [3.05, 3.63) is 30.1 Å². The Morgan fingerprint density at radius 1 is 1.28 bits per heavy atom. The summed E-state index contributed by atoms with van der Waals surface area (Å²) >= 11 is 0. The Morgan fingerprint density at radius 3 is 2.76 bits per heavy atom. The molecule has 3 fully saturated rings. The Bertz CT molecular complexity index is 712. The molecule has 3 heterocycles. The fourth-order valence-corrected chi connectivity index (χ4v) is 4.32.